The van der Waals surface area contributed by atoms with Crippen molar-refractivity contribution in [3.8, 4) is 11.4 Å². The number of hydrogen-bond acceptors (Lipinski definition) is 2. The Kier molecular flexibility index (Phi) is 6.09. The molecule has 2 heterocycles. The second kappa shape index (κ2) is 9.31. The van der Waals surface area contributed by atoms with E-state index in [4.69, 9.17) is 4.98 Å². The smallest absolute Gasteiger partial charge is 0.224 e. The molecule has 0 atom stereocenters. The first kappa shape index (κ1) is 21.6. The van der Waals surface area contributed by atoms with Gasteiger partial charge in [-0.1, -0.05) is 24.3 Å². The Labute approximate surface area is 204 Å². The Morgan fingerprint density at radius 3 is 2.67 bits per heavy atom. The normalized spacial score (nSPS) is 11.2. The molecule has 5 aromatic rings. The van der Waals surface area contributed by atoms with Gasteiger partial charge in [-0.25, -0.2) is 9.37 Å². The summed E-state index contributed by atoms with van der Waals surface area (Å²) in [5.74, 6) is -0.315. The van der Waals surface area contributed by atoms with Gasteiger partial charge in [0.1, 0.15) is 5.82 Å². The molecule has 3 aromatic carbocycles. The minimum Gasteiger partial charge on any atom is -0.353 e. The molecule has 2 aromatic heterocycles. The number of fused-ring (bicyclic) bond motifs is 2. The molecule has 2 N–H and O–H groups in total. The monoisotopic (exact) mass is 549 g/mol. The zero-order valence-electron chi connectivity index (χ0n) is 17.7. The zero-order valence-corrected chi connectivity index (χ0v) is 19.9. The number of pyridine rings is 1. The van der Waals surface area contributed by atoms with E-state index in [-0.39, 0.29) is 11.7 Å². The quantitative estimate of drug-likeness (QED) is 0.222. The summed E-state index contributed by atoms with van der Waals surface area (Å²) < 4.78 is 15.2. The van der Waals surface area contributed by atoms with Gasteiger partial charge in [0.15, 0.2) is 0 Å². The van der Waals surface area contributed by atoms with Gasteiger partial charge in [-0.15, -0.1) is 0 Å². The second-order valence-corrected chi connectivity index (χ2v) is 9.21. The first-order valence-corrected chi connectivity index (χ1v) is 11.9. The Balaban J connectivity index is 1.40. The number of H-pyrrole nitrogens is 1. The minimum absolute atomic E-state index is 0.0346. The number of para-hydroxylation sites is 1. The second-order valence-electron chi connectivity index (χ2n) is 7.97. The molecule has 33 heavy (non-hydrogen) atoms. The predicted octanol–water partition coefficient (Wildman–Crippen LogP) is 7.09. The molecule has 0 radical (unpaired) electrons. The molecule has 0 bridgehead atoms. The van der Waals surface area contributed by atoms with Crippen LogP contribution in [0.3, 0.4) is 0 Å². The third kappa shape index (κ3) is 4.75. The van der Waals surface area contributed by atoms with Gasteiger partial charge in [0.05, 0.1) is 16.9 Å². The largest absolute Gasteiger partial charge is 0.353 e. The molecule has 0 aliphatic rings. The molecule has 6 heteroatoms. The summed E-state index contributed by atoms with van der Waals surface area (Å²) in [5.41, 5.74) is 5.22. The van der Waals surface area contributed by atoms with Gasteiger partial charge < -0.3 is 10.3 Å². The van der Waals surface area contributed by atoms with Crippen LogP contribution < -0.4 is 5.32 Å². The van der Waals surface area contributed by atoms with Gasteiger partial charge in [-0.3, -0.25) is 4.79 Å². The number of aromatic amines is 1. The summed E-state index contributed by atoms with van der Waals surface area (Å²) in [6, 6.07) is 24.5. The molecule has 5 rings (SSSR count). The van der Waals surface area contributed by atoms with Crippen molar-refractivity contribution in [2.24, 2.45) is 0 Å². The number of carbonyl (C=O) groups is 1. The lowest BCUT2D eigenvalue weighted by Crippen LogP contribution is -2.11. The van der Waals surface area contributed by atoms with E-state index in [0.717, 1.165) is 48.0 Å². The van der Waals surface area contributed by atoms with E-state index in [1.165, 1.54) is 6.07 Å². The molecule has 0 spiro atoms. The number of carbonyl (C=O) groups excluding carboxylic acids is 1. The fourth-order valence-corrected chi connectivity index (χ4v) is 4.45. The number of nitrogens with zero attached hydrogens (tertiary/aromatic N) is 1. The molecule has 0 aliphatic carbocycles. The maximum atomic E-state index is 14.1. The van der Waals surface area contributed by atoms with Crippen LogP contribution in [0.5, 0.6) is 0 Å². The van der Waals surface area contributed by atoms with Crippen molar-refractivity contribution < 1.29 is 9.18 Å². The zero-order chi connectivity index (χ0) is 22.8. The maximum Gasteiger partial charge on any atom is 0.224 e. The molecular weight excluding hydrogens is 528 g/mol. The topological polar surface area (TPSA) is 57.8 Å². The molecule has 4 nitrogen and oxygen atoms in total. The Hall–Kier alpha value is -3.26. The van der Waals surface area contributed by atoms with E-state index in [9.17, 15) is 9.18 Å². The van der Waals surface area contributed by atoms with Crippen molar-refractivity contribution in [1.29, 1.82) is 0 Å². The molecule has 0 aliphatic heterocycles. The first-order valence-electron chi connectivity index (χ1n) is 10.8. The van der Waals surface area contributed by atoms with E-state index in [0.29, 0.717) is 19.3 Å². The number of hydrogen-bond donors (Lipinski definition) is 2. The van der Waals surface area contributed by atoms with Crippen molar-refractivity contribution >= 4 is 56.0 Å². The van der Waals surface area contributed by atoms with Gasteiger partial charge in [-0.05, 0) is 95.6 Å². The van der Waals surface area contributed by atoms with E-state index < -0.39 is 0 Å². The SMILES string of the molecule is O=C(CCCc1c(-c2ccc3ccccc3n2)[nH]c2ccc(F)cc12)Nc1ccc(I)cc1. The van der Waals surface area contributed by atoms with Crippen molar-refractivity contribution in [3.63, 3.8) is 0 Å². The highest BCUT2D eigenvalue weighted by Gasteiger charge is 2.16. The van der Waals surface area contributed by atoms with E-state index in [1.807, 2.05) is 60.7 Å². The molecule has 164 valence electrons. The van der Waals surface area contributed by atoms with Gasteiger partial charge >= 0.3 is 0 Å². The van der Waals surface area contributed by atoms with Crippen molar-refractivity contribution in [3.05, 3.63) is 93.8 Å². The van der Waals surface area contributed by atoms with Crippen LogP contribution in [-0.4, -0.2) is 15.9 Å². The number of rotatable bonds is 6. The lowest BCUT2D eigenvalue weighted by Gasteiger charge is -2.08. The van der Waals surface area contributed by atoms with Crippen molar-refractivity contribution in [2.45, 2.75) is 19.3 Å². The highest BCUT2D eigenvalue weighted by atomic mass is 127. The van der Waals surface area contributed by atoms with Crippen LogP contribution in [0.4, 0.5) is 10.1 Å². The Bertz CT molecular complexity index is 1460. The number of benzene rings is 3. The fraction of sp³-hybridized carbons (Fsp3) is 0.111. The number of aryl methyl sites for hydroxylation is 1. The number of amides is 1. The van der Waals surface area contributed by atoms with E-state index in [1.54, 1.807) is 12.1 Å². The first-order chi connectivity index (χ1) is 16.1. The van der Waals surface area contributed by atoms with E-state index >= 15 is 0 Å². The highest BCUT2D eigenvalue weighted by Crippen LogP contribution is 2.32. The van der Waals surface area contributed by atoms with Crippen LogP contribution in [0, 0.1) is 9.39 Å². The molecular formula is C27H21FIN3O. The summed E-state index contributed by atoms with van der Waals surface area (Å²) in [4.78, 5) is 20.7. The summed E-state index contributed by atoms with van der Waals surface area (Å²) in [6.07, 6.45) is 1.65. The third-order valence-corrected chi connectivity index (χ3v) is 6.40. The third-order valence-electron chi connectivity index (χ3n) is 5.68. The van der Waals surface area contributed by atoms with Crippen LogP contribution in [0.2, 0.25) is 0 Å². The Morgan fingerprint density at radius 2 is 1.82 bits per heavy atom. The van der Waals surface area contributed by atoms with Gasteiger partial charge in [0.2, 0.25) is 5.91 Å². The lowest BCUT2D eigenvalue weighted by molar-refractivity contribution is -0.116. The average molecular weight is 549 g/mol. The van der Waals surface area contributed by atoms with Crippen LogP contribution >= 0.6 is 22.6 Å². The predicted molar refractivity (Wildman–Crippen MR) is 140 cm³/mol. The Morgan fingerprint density at radius 1 is 1.00 bits per heavy atom. The molecule has 0 saturated carbocycles. The average Bonchev–Trinajstić information content (AvgIpc) is 3.18. The molecule has 0 fully saturated rings. The van der Waals surface area contributed by atoms with Crippen LogP contribution in [-0.2, 0) is 11.2 Å². The number of aromatic nitrogens is 2. The van der Waals surface area contributed by atoms with Crippen LogP contribution in [0.1, 0.15) is 18.4 Å². The van der Waals surface area contributed by atoms with Gasteiger partial charge in [0, 0.05) is 32.0 Å². The standard InChI is InChI=1S/C27H21FIN3O/c28-18-9-15-24-22(16-18)21(5-3-7-26(33)30-20-12-10-19(29)11-13-20)27(32-24)25-14-8-17-4-1-2-6-23(17)31-25/h1-2,4,6,8-16,32H,3,5,7H2,(H,30,33). The molecule has 1 amide bonds. The molecule has 0 saturated heterocycles. The maximum absolute atomic E-state index is 14.1. The van der Waals surface area contributed by atoms with Crippen molar-refractivity contribution in [2.75, 3.05) is 5.32 Å². The minimum atomic E-state index is -0.280. The summed E-state index contributed by atoms with van der Waals surface area (Å²) in [6.45, 7) is 0. The van der Waals surface area contributed by atoms with Crippen molar-refractivity contribution in [1.82, 2.24) is 9.97 Å². The van der Waals surface area contributed by atoms with Gasteiger partial charge in [0.25, 0.3) is 0 Å². The van der Waals surface area contributed by atoms with Crippen LogP contribution in [0.25, 0.3) is 33.2 Å². The number of anilines is 1. The number of halogens is 2. The van der Waals surface area contributed by atoms with E-state index in [2.05, 4.69) is 32.9 Å². The van der Waals surface area contributed by atoms with Gasteiger partial charge in [-0.2, -0.15) is 0 Å². The summed E-state index contributed by atoms with van der Waals surface area (Å²) >= 11 is 2.23. The summed E-state index contributed by atoms with van der Waals surface area (Å²) in [7, 11) is 0. The van der Waals surface area contributed by atoms with Crippen LogP contribution in [0.15, 0.2) is 78.9 Å². The fourth-order valence-electron chi connectivity index (χ4n) is 4.09. The summed E-state index contributed by atoms with van der Waals surface area (Å²) in [5, 5.41) is 4.84. The highest BCUT2D eigenvalue weighted by molar-refractivity contribution is 14.1. The molecule has 0 unspecified atom stereocenters. The lowest BCUT2D eigenvalue weighted by atomic mass is 10.0. The number of nitrogens with one attached hydrogen (secondary N) is 2.